The Kier molecular flexibility index (Phi) is 5.74. The van der Waals surface area contributed by atoms with Gasteiger partial charge in [-0.3, -0.25) is 9.69 Å². The molecular formula is C19H22F3N4O3+. The molecule has 3 rings (SSSR count). The predicted molar refractivity (Wildman–Crippen MR) is 97.7 cm³/mol. The van der Waals surface area contributed by atoms with Crippen LogP contribution in [0.4, 0.5) is 18.0 Å². The lowest BCUT2D eigenvalue weighted by molar-refractivity contribution is -0.401. The van der Waals surface area contributed by atoms with Gasteiger partial charge in [-0.25, -0.2) is 9.37 Å². The third kappa shape index (κ3) is 4.47. The van der Waals surface area contributed by atoms with Gasteiger partial charge in [0.1, 0.15) is 6.21 Å². The molecule has 0 radical (unpaired) electrons. The van der Waals surface area contributed by atoms with Crippen LogP contribution in [0.1, 0.15) is 28.8 Å². The number of hydrogen-bond donors (Lipinski definition) is 1. The number of halogens is 3. The molecule has 4 amide bonds. The average Bonchev–Trinajstić information content (AvgIpc) is 2.69. The fourth-order valence-corrected chi connectivity index (χ4v) is 3.52. The number of carbonyl (C=O) groups is 3. The van der Waals surface area contributed by atoms with E-state index in [9.17, 15) is 27.6 Å². The third-order valence-electron chi connectivity index (χ3n) is 5.27. The first-order chi connectivity index (χ1) is 13.6. The number of amides is 4. The van der Waals surface area contributed by atoms with E-state index in [4.69, 9.17) is 0 Å². The molecule has 156 valence electrons. The molecule has 0 spiro atoms. The van der Waals surface area contributed by atoms with Gasteiger partial charge in [0.2, 0.25) is 0 Å². The monoisotopic (exact) mass is 411 g/mol. The van der Waals surface area contributed by atoms with Crippen molar-refractivity contribution in [2.24, 2.45) is 0 Å². The minimum absolute atomic E-state index is 0.142. The first kappa shape index (κ1) is 21.0. The summed E-state index contributed by atoms with van der Waals surface area (Å²) in [5.74, 6) is -0.720. The predicted octanol–water partition coefficient (Wildman–Crippen LogP) is 1.57. The zero-order valence-electron chi connectivity index (χ0n) is 16.1. The highest BCUT2D eigenvalue weighted by Crippen LogP contribution is 2.29. The number of likely N-dealkylation sites (tertiary alicyclic amines) is 1. The van der Waals surface area contributed by atoms with E-state index in [0.717, 1.165) is 29.2 Å². The fourth-order valence-electron chi connectivity index (χ4n) is 3.52. The molecule has 7 nitrogen and oxygen atoms in total. The van der Waals surface area contributed by atoms with E-state index in [0.29, 0.717) is 25.9 Å². The Morgan fingerprint density at radius 3 is 2.28 bits per heavy atom. The van der Waals surface area contributed by atoms with Crippen LogP contribution < -0.4 is 5.32 Å². The summed E-state index contributed by atoms with van der Waals surface area (Å²) >= 11 is 0. The van der Waals surface area contributed by atoms with Gasteiger partial charge in [-0.1, -0.05) is 0 Å². The van der Waals surface area contributed by atoms with E-state index in [1.165, 1.54) is 11.6 Å². The van der Waals surface area contributed by atoms with Gasteiger partial charge in [0.25, 0.3) is 5.91 Å². The topological polar surface area (TPSA) is 72.7 Å². The number of rotatable bonds is 3. The van der Waals surface area contributed by atoms with Crippen LogP contribution in [0.25, 0.3) is 0 Å². The first-order valence-corrected chi connectivity index (χ1v) is 9.19. The van der Waals surface area contributed by atoms with Crippen LogP contribution in [-0.2, 0) is 11.0 Å². The Hall–Kier alpha value is -2.75. The van der Waals surface area contributed by atoms with Crippen molar-refractivity contribution >= 4 is 24.1 Å². The summed E-state index contributed by atoms with van der Waals surface area (Å²) in [6.07, 6.45) is -1.68. The number of likely N-dealkylation sites (N-methyl/N-ethyl adjacent to an activating group) is 1. The van der Waals surface area contributed by atoms with Crippen LogP contribution >= 0.6 is 0 Å². The zero-order valence-corrected chi connectivity index (χ0v) is 16.1. The van der Waals surface area contributed by atoms with Gasteiger partial charge in [-0.15, -0.1) is 0 Å². The SMILES string of the molecule is CN1C(=O)C(N2CCC(NC(=O)c3ccc(C(F)(F)F)cc3)CC2)C=[N+](C)C1=O. The zero-order chi connectivity index (χ0) is 21.3. The van der Waals surface area contributed by atoms with Gasteiger partial charge in [0.05, 0.1) is 19.7 Å². The molecule has 1 N–H and O–H groups in total. The molecule has 1 unspecified atom stereocenters. The van der Waals surface area contributed by atoms with E-state index >= 15 is 0 Å². The molecule has 2 aliphatic rings. The Labute approximate surface area is 165 Å². The highest BCUT2D eigenvalue weighted by Gasteiger charge is 2.42. The second kappa shape index (κ2) is 7.94. The van der Waals surface area contributed by atoms with Crippen LogP contribution in [0.3, 0.4) is 0 Å². The van der Waals surface area contributed by atoms with E-state index in [1.54, 1.807) is 13.3 Å². The smallest absolute Gasteiger partial charge is 0.349 e. The standard InChI is InChI=1S/C19H21F3N4O3/c1-24-11-15(17(28)25(2)18(24)29)26-9-7-14(8-10-26)23-16(27)12-3-5-13(6-4-12)19(20,21)22/h3-6,11,14-15H,7-10H2,1-2H3/p+1. The molecule has 0 aromatic heterocycles. The molecule has 1 fully saturated rings. The molecule has 0 aliphatic carbocycles. The third-order valence-corrected chi connectivity index (χ3v) is 5.27. The van der Waals surface area contributed by atoms with Crippen molar-refractivity contribution in [3.8, 4) is 0 Å². The highest BCUT2D eigenvalue weighted by molar-refractivity contribution is 6.06. The molecule has 1 saturated heterocycles. The summed E-state index contributed by atoms with van der Waals surface area (Å²) in [7, 11) is 3.04. The van der Waals surface area contributed by atoms with Crippen molar-refractivity contribution in [3.63, 3.8) is 0 Å². The lowest BCUT2D eigenvalue weighted by atomic mass is 10.0. The molecular weight excluding hydrogens is 389 g/mol. The van der Waals surface area contributed by atoms with Crippen LogP contribution in [0, 0.1) is 0 Å². The number of nitrogens with one attached hydrogen (secondary N) is 1. The number of imide groups is 1. The summed E-state index contributed by atoms with van der Waals surface area (Å²) in [4.78, 5) is 39.5. The summed E-state index contributed by atoms with van der Waals surface area (Å²) < 4.78 is 39.3. The number of hydrogen-bond acceptors (Lipinski definition) is 4. The fraction of sp³-hybridized carbons (Fsp3) is 0.474. The molecule has 1 atom stereocenters. The number of nitrogens with zero attached hydrogens (tertiary/aromatic N) is 3. The number of benzene rings is 1. The van der Waals surface area contributed by atoms with Gasteiger partial charge < -0.3 is 5.32 Å². The highest BCUT2D eigenvalue weighted by atomic mass is 19.4. The maximum atomic E-state index is 12.6. The Morgan fingerprint density at radius 1 is 1.14 bits per heavy atom. The first-order valence-electron chi connectivity index (χ1n) is 9.19. The molecule has 2 heterocycles. The van der Waals surface area contributed by atoms with Crippen LogP contribution in [0.2, 0.25) is 0 Å². The van der Waals surface area contributed by atoms with Crippen molar-refractivity contribution in [2.75, 3.05) is 27.2 Å². The van der Waals surface area contributed by atoms with Gasteiger partial charge in [0.15, 0.2) is 6.04 Å². The Morgan fingerprint density at radius 2 is 1.72 bits per heavy atom. The number of alkyl halides is 3. The number of carbonyl (C=O) groups excluding carboxylic acids is 3. The van der Waals surface area contributed by atoms with Crippen LogP contribution in [-0.4, -0.2) is 77.7 Å². The summed E-state index contributed by atoms with van der Waals surface area (Å²) in [5, 5.41) is 2.84. The molecule has 1 aromatic rings. The van der Waals surface area contributed by atoms with E-state index in [-0.39, 0.29) is 23.5 Å². The van der Waals surface area contributed by atoms with Crippen molar-refractivity contribution in [2.45, 2.75) is 31.1 Å². The summed E-state index contributed by atoms with van der Waals surface area (Å²) in [6.45, 7) is 1.08. The average molecular weight is 411 g/mol. The lowest BCUT2D eigenvalue weighted by Gasteiger charge is -2.36. The number of piperidine rings is 1. The largest absolute Gasteiger partial charge is 0.500 e. The van der Waals surface area contributed by atoms with E-state index in [1.807, 2.05) is 4.90 Å². The van der Waals surface area contributed by atoms with Crippen molar-refractivity contribution in [3.05, 3.63) is 35.4 Å². The maximum absolute atomic E-state index is 12.6. The summed E-state index contributed by atoms with van der Waals surface area (Å²) in [5.41, 5.74) is -0.637. The van der Waals surface area contributed by atoms with E-state index < -0.39 is 23.7 Å². The Bertz CT molecular complexity index is 843. The van der Waals surface area contributed by atoms with Crippen molar-refractivity contribution in [1.82, 2.24) is 15.1 Å². The van der Waals surface area contributed by atoms with Crippen molar-refractivity contribution < 1.29 is 32.1 Å². The van der Waals surface area contributed by atoms with Gasteiger partial charge in [-0.05, 0) is 37.1 Å². The molecule has 10 heteroatoms. The quantitative estimate of drug-likeness (QED) is 0.767. The van der Waals surface area contributed by atoms with Gasteiger partial charge in [0, 0.05) is 24.7 Å². The number of urea groups is 1. The molecule has 29 heavy (non-hydrogen) atoms. The van der Waals surface area contributed by atoms with Gasteiger partial charge >= 0.3 is 18.1 Å². The maximum Gasteiger partial charge on any atom is 0.500 e. The van der Waals surface area contributed by atoms with Gasteiger partial charge in [-0.2, -0.15) is 22.9 Å². The normalized spacial score (nSPS) is 21.9. The molecule has 2 aliphatic heterocycles. The summed E-state index contributed by atoms with van der Waals surface area (Å²) in [6, 6.07) is 3.03. The molecule has 0 saturated carbocycles. The van der Waals surface area contributed by atoms with Crippen LogP contribution in [0.5, 0.6) is 0 Å². The second-order valence-electron chi connectivity index (χ2n) is 7.24. The van der Waals surface area contributed by atoms with Crippen molar-refractivity contribution in [1.29, 1.82) is 0 Å². The minimum atomic E-state index is -4.44. The van der Waals surface area contributed by atoms with Crippen LogP contribution in [0.15, 0.2) is 24.3 Å². The minimum Gasteiger partial charge on any atom is -0.349 e. The molecule has 1 aromatic carbocycles. The lowest BCUT2D eigenvalue weighted by Crippen LogP contribution is -2.59. The second-order valence-corrected chi connectivity index (χ2v) is 7.24. The Balaban J connectivity index is 1.57. The van der Waals surface area contributed by atoms with E-state index in [2.05, 4.69) is 5.32 Å². The molecule has 0 bridgehead atoms.